The molecule has 0 aromatic carbocycles. The fourth-order valence-corrected chi connectivity index (χ4v) is 2.47. The molecule has 2 aliphatic heterocycles. The van der Waals surface area contributed by atoms with Gasteiger partial charge in [0.05, 0.1) is 6.10 Å². The molecule has 2 unspecified atom stereocenters. The highest BCUT2D eigenvalue weighted by Crippen LogP contribution is 2.15. The Bertz CT molecular complexity index is 163. The second kappa shape index (κ2) is 5.10. The van der Waals surface area contributed by atoms with E-state index in [1.807, 2.05) is 0 Å². The Morgan fingerprint density at radius 1 is 1.36 bits per heavy atom. The minimum Gasteiger partial charge on any atom is -0.377 e. The third-order valence-corrected chi connectivity index (χ3v) is 3.41. The van der Waals surface area contributed by atoms with Crippen LogP contribution in [0.25, 0.3) is 0 Å². The first kappa shape index (κ1) is 10.4. The molecule has 0 amide bonds. The van der Waals surface area contributed by atoms with Crippen molar-refractivity contribution in [1.29, 1.82) is 0 Å². The largest absolute Gasteiger partial charge is 0.377 e. The summed E-state index contributed by atoms with van der Waals surface area (Å²) in [5, 5.41) is 3.46. The van der Waals surface area contributed by atoms with Crippen LogP contribution in [0.2, 0.25) is 0 Å². The zero-order chi connectivity index (χ0) is 9.80. The van der Waals surface area contributed by atoms with E-state index in [-0.39, 0.29) is 0 Å². The summed E-state index contributed by atoms with van der Waals surface area (Å²) in [6.45, 7) is 4.45. The molecule has 0 aliphatic carbocycles. The molecular weight excluding hydrogens is 176 g/mol. The van der Waals surface area contributed by atoms with Gasteiger partial charge in [0.15, 0.2) is 0 Å². The number of hydrogen-bond donors (Lipinski definition) is 1. The average Bonchev–Trinajstić information content (AvgIpc) is 2.72. The molecule has 2 aliphatic rings. The van der Waals surface area contributed by atoms with Crippen molar-refractivity contribution in [2.75, 3.05) is 33.3 Å². The molecule has 0 saturated carbocycles. The van der Waals surface area contributed by atoms with Gasteiger partial charge in [-0.1, -0.05) is 0 Å². The number of likely N-dealkylation sites (N-methyl/N-ethyl adjacent to an activating group) is 1. The molecule has 0 spiro atoms. The van der Waals surface area contributed by atoms with E-state index in [1.165, 1.54) is 32.2 Å². The summed E-state index contributed by atoms with van der Waals surface area (Å²) in [6, 6.07) is 0.730. The molecule has 2 atom stereocenters. The Morgan fingerprint density at radius 2 is 2.29 bits per heavy atom. The normalized spacial score (nSPS) is 33.9. The molecule has 0 aromatic rings. The maximum absolute atomic E-state index is 5.65. The van der Waals surface area contributed by atoms with E-state index in [9.17, 15) is 0 Å². The Balaban J connectivity index is 1.72. The number of nitrogens with zero attached hydrogens (tertiary/aromatic N) is 1. The van der Waals surface area contributed by atoms with Crippen molar-refractivity contribution >= 4 is 0 Å². The first-order valence-corrected chi connectivity index (χ1v) is 5.89. The topological polar surface area (TPSA) is 24.5 Å². The number of nitrogens with one attached hydrogen (secondary N) is 1. The highest BCUT2D eigenvalue weighted by molar-refractivity contribution is 4.79. The molecule has 3 heteroatoms. The van der Waals surface area contributed by atoms with Gasteiger partial charge in [0.1, 0.15) is 0 Å². The molecule has 1 N–H and O–H groups in total. The Hall–Kier alpha value is -0.120. The van der Waals surface area contributed by atoms with Crippen molar-refractivity contribution in [3.63, 3.8) is 0 Å². The van der Waals surface area contributed by atoms with E-state index in [0.717, 1.165) is 25.7 Å². The van der Waals surface area contributed by atoms with Crippen LogP contribution in [0, 0.1) is 0 Å². The number of ether oxygens (including phenoxy) is 1. The van der Waals surface area contributed by atoms with Gasteiger partial charge < -0.3 is 10.1 Å². The average molecular weight is 198 g/mol. The van der Waals surface area contributed by atoms with Crippen molar-refractivity contribution in [1.82, 2.24) is 10.2 Å². The lowest BCUT2D eigenvalue weighted by atomic mass is 10.1. The van der Waals surface area contributed by atoms with Crippen LogP contribution in [-0.2, 0) is 4.74 Å². The van der Waals surface area contributed by atoms with E-state index in [2.05, 4.69) is 17.3 Å². The van der Waals surface area contributed by atoms with Gasteiger partial charge in [0.25, 0.3) is 0 Å². The van der Waals surface area contributed by atoms with Crippen molar-refractivity contribution in [2.45, 2.75) is 37.8 Å². The van der Waals surface area contributed by atoms with Gasteiger partial charge in [-0.05, 0) is 39.3 Å². The Labute approximate surface area is 86.8 Å². The third-order valence-electron chi connectivity index (χ3n) is 3.41. The molecule has 2 heterocycles. The van der Waals surface area contributed by atoms with Gasteiger partial charge in [-0.15, -0.1) is 0 Å². The van der Waals surface area contributed by atoms with E-state index in [0.29, 0.717) is 6.10 Å². The van der Waals surface area contributed by atoms with E-state index >= 15 is 0 Å². The van der Waals surface area contributed by atoms with Crippen molar-refractivity contribution < 1.29 is 4.74 Å². The predicted octanol–water partition coefficient (Wildman–Crippen LogP) is 0.849. The first-order valence-electron chi connectivity index (χ1n) is 5.89. The van der Waals surface area contributed by atoms with E-state index in [4.69, 9.17) is 4.74 Å². The van der Waals surface area contributed by atoms with Crippen LogP contribution in [0.5, 0.6) is 0 Å². The summed E-state index contributed by atoms with van der Waals surface area (Å²) >= 11 is 0. The van der Waals surface area contributed by atoms with Crippen molar-refractivity contribution in [3.8, 4) is 0 Å². The van der Waals surface area contributed by atoms with Gasteiger partial charge in [0.2, 0.25) is 0 Å². The second-order valence-electron chi connectivity index (χ2n) is 4.57. The third kappa shape index (κ3) is 2.69. The molecule has 2 rings (SSSR count). The number of rotatable bonds is 3. The lowest BCUT2D eigenvalue weighted by molar-refractivity contribution is 0.0634. The maximum Gasteiger partial charge on any atom is 0.0702 e. The van der Waals surface area contributed by atoms with Crippen LogP contribution in [0.4, 0.5) is 0 Å². The van der Waals surface area contributed by atoms with Gasteiger partial charge in [-0.2, -0.15) is 0 Å². The zero-order valence-electron chi connectivity index (χ0n) is 9.17. The molecule has 0 aromatic heterocycles. The van der Waals surface area contributed by atoms with Gasteiger partial charge in [0, 0.05) is 25.7 Å². The van der Waals surface area contributed by atoms with Crippen LogP contribution in [0.3, 0.4) is 0 Å². The number of piperidine rings is 1. The Kier molecular flexibility index (Phi) is 3.79. The highest BCUT2D eigenvalue weighted by atomic mass is 16.5. The van der Waals surface area contributed by atoms with Crippen LogP contribution in [0.15, 0.2) is 0 Å². The molecule has 2 saturated heterocycles. The summed E-state index contributed by atoms with van der Waals surface area (Å²) < 4.78 is 5.65. The zero-order valence-corrected chi connectivity index (χ0v) is 9.17. The minimum atomic E-state index is 0.502. The monoisotopic (exact) mass is 198 g/mol. The van der Waals surface area contributed by atoms with E-state index < -0.39 is 0 Å². The highest BCUT2D eigenvalue weighted by Gasteiger charge is 2.22. The fourth-order valence-electron chi connectivity index (χ4n) is 2.47. The van der Waals surface area contributed by atoms with Crippen LogP contribution in [-0.4, -0.2) is 50.3 Å². The standard InChI is InChI=1S/C11H22N2O/c1-13(9-11-5-3-7-14-11)10-4-2-6-12-8-10/h10-12H,2-9H2,1H3. The molecule has 14 heavy (non-hydrogen) atoms. The molecule has 2 fully saturated rings. The molecule has 0 bridgehead atoms. The molecule has 82 valence electrons. The second-order valence-corrected chi connectivity index (χ2v) is 4.57. The Morgan fingerprint density at radius 3 is 2.93 bits per heavy atom. The molecule has 0 radical (unpaired) electrons. The van der Waals surface area contributed by atoms with Crippen LogP contribution >= 0.6 is 0 Å². The lowest BCUT2D eigenvalue weighted by Crippen LogP contribution is -2.46. The fraction of sp³-hybridized carbons (Fsp3) is 1.00. The molecular formula is C11H22N2O. The quantitative estimate of drug-likeness (QED) is 0.727. The first-order chi connectivity index (χ1) is 6.86. The summed E-state index contributed by atoms with van der Waals surface area (Å²) in [5.74, 6) is 0. The van der Waals surface area contributed by atoms with Gasteiger partial charge in [-0.25, -0.2) is 0 Å². The van der Waals surface area contributed by atoms with Crippen LogP contribution < -0.4 is 5.32 Å². The maximum atomic E-state index is 5.65. The summed E-state index contributed by atoms with van der Waals surface area (Å²) in [4.78, 5) is 2.47. The predicted molar refractivity (Wildman–Crippen MR) is 57.5 cm³/mol. The summed E-state index contributed by atoms with van der Waals surface area (Å²) in [7, 11) is 2.24. The SMILES string of the molecule is CN(CC1CCCO1)C1CCCNC1. The van der Waals surface area contributed by atoms with Crippen LogP contribution in [0.1, 0.15) is 25.7 Å². The van der Waals surface area contributed by atoms with E-state index in [1.54, 1.807) is 0 Å². The van der Waals surface area contributed by atoms with Gasteiger partial charge >= 0.3 is 0 Å². The van der Waals surface area contributed by atoms with Gasteiger partial charge in [-0.3, -0.25) is 4.90 Å². The smallest absolute Gasteiger partial charge is 0.0702 e. The minimum absolute atomic E-state index is 0.502. The van der Waals surface area contributed by atoms with Crippen molar-refractivity contribution in [3.05, 3.63) is 0 Å². The summed E-state index contributed by atoms with van der Waals surface area (Å²) in [6.07, 6.45) is 5.67. The molecule has 3 nitrogen and oxygen atoms in total. The van der Waals surface area contributed by atoms with Crippen molar-refractivity contribution in [2.24, 2.45) is 0 Å². The lowest BCUT2D eigenvalue weighted by Gasteiger charge is -2.32. The summed E-state index contributed by atoms with van der Waals surface area (Å²) in [5.41, 5.74) is 0. The number of hydrogen-bond acceptors (Lipinski definition) is 3.